The van der Waals surface area contributed by atoms with Crippen molar-refractivity contribution in [1.82, 2.24) is 0 Å². The Morgan fingerprint density at radius 3 is 2.18 bits per heavy atom. The number of aliphatic imine (C=N–C) groups is 1. The molecule has 1 heterocycles. The van der Waals surface area contributed by atoms with Gasteiger partial charge in [0.2, 0.25) is 0 Å². The van der Waals surface area contributed by atoms with Crippen LogP contribution in [0.1, 0.15) is 20.8 Å². The van der Waals surface area contributed by atoms with Crippen molar-refractivity contribution in [3.8, 4) is 0 Å². The molecule has 0 spiro atoms. The molecule has 0 radical (unpaired) electrons. The zero-order valence-corrected chi connectivity index (χ0v) is 14.0. The zero-order chi connectivity index (χ0) is 13.4. The van der Waals surface area contributed by atoms with E-state index in [1.54, 1.807) is 0 Å². The normalized spacial score (nSPS) is 29.7. The van der Waals surface area contributed by atoms with E-state index in [0.29, 0.717) is 0 Å². The van der Waals surface area contributed by atoms with Crippen molar-refractivity contribution in [3.63, 3.8) is 0 Å². The molecule has 17 heavy (non-hydrogen) atoms. The van der Waals surface area contributed by atoms with Crippen LogP contribution < -0.4 is 0 Å². The van der Waals surface area contributed by atoms with Gasteiger partial charge in [0.1, 0.15) is 0 Å². The van der Waals surface area contributed by atoms with Crippen LogP contribution in [0.25, 0.3) is 0 Å². The molecular formula is C15H27NRu. The average Bonchev–Trinajstić information content (AvgIpc) is 2.46. The topological polar surface area (TPSA) is 12.4 Å². The van der Waals surface area contributed by atoms with Crippen LogP contribution in [-0.4, -0.2) is 10.3 Å². The van der Waals surface area contributed by atoms with Crippen molar-refractivity contribution in [1.29, 1.82) is 0 Å². The molecule has 0 fully saturated rings. The molecule has 1 aliphatic heterocycles. The predicted molar refractivity (Wildman–Crippen MR) is 78.1 cm³/mol. The molecule has 0 aromatic heterocycles. The van der Waals surface area contributed by atoms with Crippen LogP contribution >= 0.6 is 0 Å². The second-order valence-electron chi connectivity index (χ2n) is 6.73. The number of nitrogens with zero attached hydrogens (tertiary/aromatic N) is 1. The Hall–Kier alpha value is -0.487. The summed E-state index contributed by atoms with van der Waals surface area (Å²) in [4.78, 5) is 4.83. The molecule has 100 valence electrons. The first kappa shape index (κ1) is 14.6. The van der Waals surface area contributed by atoms with E-state index in [1.807, 2.05) is 13.1 Å². The van der Waals surface area contributed by atoms with Crippen LogP contribution in [0, 0.1) is 0 Å². The van der Waals surface area contributed by atoms with Gasteiger partial charge in [0, 0.05) is 0 Å². The fourth-order valence-corrected chi connectivity index (χ4v) is 6.70. The summed E-state index contributed by atoms with van der Waals surface area (Å²) >= 11 is -3.15. The van der Waals surface area contributed by atoms with Crippen molar-refractivity contribution >= 4 is 6.21 Å². The molecule has 0 N–H and O–H groups in total. The van der Waals surface area contributed by atoms with Gasteiger partial charge in [-0.1, -0.05) is 0 Å². The SMILES string of the molecule is CC=CC=[CH][Ru]([CH3])([CH3])([CH3])([CH3])[C]1(C)C=C(C)C=N1. The number of hydrogen-bond donors (Lipinski definition) is 0. The van der Waals surface area contributed by atoms with E-state index in [1.165, 1.54) is 5.57 Å². The summed E-state index contributed by atoms with van der Waals surface area (Å²) in [5, 5.41) is 0. The summed E-state index contributed by atoms with van der Waals surface area (Å²) in [6, 6.07) is 0. The van der Waals surface area contributed by atoms with Gasteiger partial charge in [-0.25, -0.2) is 0 Å². The Morgan fingerprint density at radius 1 is 1.18 bits per heavy atom. The summed E-state index contributed by atoms with van der Waals surface area (Å²) in [5.74, 6) is 0. The van der Waals surface area contributed by atoms with Crippen molar-refractivity contribution in [2.75, 3.05) is 0 Å². The summed E-state index contributed by atoms with van der Waals surface area (Å²) in [7, 11) is 0. The summed E-state index contributed by atoms with van der Waals surface area (Å²) in [5.41, 5.74) is 11.0. The zero-order valence-electron chi connectivity index (χ0n) is 12.3. The molecule has 1 aliphatic rings. The third-order valence-electron chi connectivity index (χ3n) is 3.55. The van der Waals surface area contributed by atoms with E-state index in [9.17, 15) is 0 Å². The Morgan fingerprint density at radius 2 is 1.76 bits per heavy atom. The van der Waals surface area contributed by atoms with E-state index < -0.39 is 12.4 Å². The third kappa shape index (κ3) is 2.52. The van der Waals surface area contributed by atoms with E-state index in [0.717, 1.165) is 0 Å². The Balaban J connectivity index is 3.37. The fourth-order valence-electron chi connectivity index (χ4n) is 1.73. The molecule has 0 bridgehead atoms. The van der Waals surface area contributed by atoms with Crippen molar-refractivity contribution in [2.45, 2.75) is 47.0 Å². The quantitative estimate of drug-likeness (QED) is 0.498. The van der Waals surface area contributed by atoms with Gasteiger partial charge in [0.05, 0.1) is 0 Å². The van der Waals surface area contributed by atoms with Crippen molar-refractivity contribution < 1.29 is 12.4 Å². The molecule has 0 saturated carbocycles. The monoisotopic (exact) mass is 323 g/mol. The van der Waals surface area contributed by atoms with Crippen LogP contribution in [0.5, 0.6) is 0 Å². The van der Waals surface area contributed by atoms with Gasteiger partial charge in [-0.15, -0.1) is 0 Å². The van der Waals surface area contributed by atoms with Gasteiger partial charge >= 0.3 is 105 Å². The van der Waals surface area contributed by atoms with Crippen LogP contribution in [0.3, 0.4) is 0 Å². The van der Waals surface area contributed by atoms with Crippen LogP contribution in [-0.2, 0) is 12.4 Å². The maximum atomic E-state index is 4.83. The maximum absolute atomic E-state index is 4.83. The first-order valence-corrected chi connectivity index (χ1v) is 14.5. The summed E-state index contributed by atoms with van der Waals surface area (Å²) in [6.45, 7) is 6.46. The molecule has 0 saturated heterocycles. The third-order valence-corrected chi connectivity index (χ3v) is 15.0. The molecule has 0 aromatic carbocycles. The Bertz CT molecular complexity index is 442. The number of hydrogen-bond acceptors (Lipinski definition) is 1. The van der Waals surface area contributed by atoms with Crippen molar-refractivity contribution in [3.05, 3.63) is 34.5 Å². The number of allylic oxidation sites excluding steroid dienone is 4. The van der Waals surface area contributed by atoms with E-state index in [2.05, 4.69) is 64.9 Å². The second-order valence-corrected chi connectivity index (χ2v) is 27.5. The van der Waals surface area contributed by atoms with Crippen molar-refractivity contribution in [2.24, 2.45) is 4.99 Å². The first-order valence-electron chi connectivity index (χ1n) is 5.72. The van der Waals surface area contributed by atoms with E-state index in [4.69, 9.17) is 4.99 Å². The Kier molecular flexibility index (Phi) is 3.01. The minimum absolute atomic E-state index is 0.0512. The van der Waals surface area contributed by atoms with Gasteiger partial charge in [-0.05, 0) is 0 Å². The second kappa shape index (κ2) is 3.51. The van der Waals surface area contributed by atoms with Gasteiger partial charge in [0.25, 0.3) is 0 Å². The molecule has 0 aromatic rings. The van der Waals surface area contributed by atoms with Gasteiger partial charge in [0.15, 0.2) is 0 Å². The van der Waals surface area contributed by atoms with Gasteiger partial charge in [-0.3, -0.25) is 0 Å². The number of rotatable bonds is 3. The molecule has 1 rings (SSSR count). The minimum atomic E-state index is -3.15. The van der Waals surface area contributed by atoms with Crippen LogP contribution in [0.15, 0.2) is 39.5 Å². The Labute approximate surface area is 105 Å². The van der Waals surface area contributed by atoms with Gasteiger partial charge < -0.3 is 0 Å². The molecule has 1 unspecified atom stereocenters. The van der Waals surface area contributed by atoms with E-state index >= 15 is 0 Å². The standard InChI is InChI=1S/C6H8N.C5H7.4CH3.Ru/c1-5-3-6(2)7-4-5;1-3-5-4-2;;;;;/h3-4H,1-2H3;1,3-5H,2H3;4*1H3;. The summed E-state index contributed by atoms with van der Waals surface area (Å²) in [6.07, 6.45) is 10.7. The molecule has 2 heteroatoms. The molecular weight excluding hydrogens is 295 g/mol. The predicted octanol–water partition coefficient (Wildman–Crippen LogP) is 5.24. The van der Waals surface area contributed by atoms with Crippen LogP contribution in [0.4, 0.5) is 0 Å². The molecule has 1 nitrogen and oxygen atoms in total. The van der Waals surface area contributed by atoms with Gasteiger partial charge in [-0.2, -0.15) is 0 Å². The molecule has 0 amide bonds. The molecule has 0 aliphatic carbocycles. The van der Waals surface area contributed by atoms with E-state index in [-0.39, 0.29) is 4.13 Å². The summed E-state index contributed by atoms with van der Waals surface area (Å²) < 4.78 is 2.39. The average molecular weight is 322 g/mol. The molecule has 1 atom stereocenters. The first-order chi connectivity index (χ1) is 7.43. The fraction of sp³-hybridized carbons (Fsp3) is 0.533. The van der Waals surface area contributed by atoms with Crippen LogP contribution in [0.2, 0.25) is 22.1 Å².